The number of carbonyl (C=O) groups is 1. The third-order valence-electron chi connectivity index (χ3n) is 3.83. The Morgan fingerprint density at radius 3 is 3.24 bits per heavy atom. The van der Waals surface area contributed by atoms with Gasteiger partial charge in [-0.25, -0.2) is 4.79 Å². The van der Waals surface area contributed by atoms with Gasteiger partial charge in [-0.1, -0.05) is 12.2 Å². The summed E-state index contributed by atoms with van der Waals surface area (Å²) in [7, 11) is 0. The van der Waals surface area contributed by atoms with E-state index in [4.69, 9.17) is 9.84 Å². The minimum Gasteiger partial charge on any atom is -0.483 e. The number of fused-ring (bicyclic) bond motifs is 2. The van der Waals surface area contributed by atoms with E-state index in [1.54, 1.807) is 0 Å². The van der Waals surface area contributed by atoms with Crippen molar-refractivity contribution in [2.24, 2.45) is 4.99 Å². The number of nitrogens with one attached hydrogen (secondary N) is 1. The van der Waals surface area contributed by atoms with Crippen molar-refractivity contribution in [2.45, 2.75) is 31.1 Å². The number of allylic oxidation sites excluding steroid dienone is 2. The number of aliphatic hydroxyl groups is 2. The van der Waals surface area contributed by atoms with E-state index >= 15 is 0 Å². The Morgan fingerprint density at radius 2 is 2.43 bits per heavy atom. The molecule has 0 aromatic carbocycles. The lowest BCUT2D eigenvalue weighted by molar-refractivity contribution is 0.0660. The van der Waals surface area contributed by atoms with Gasteiger partial charge in [-0.3, -0.25) is 0 Å². The molecule has 1 aliphatic carbocycles. The lowest BCUT2D eigenvalue weighted by atomic mass is 10.0. The molecule has 2 heterocycles. The highest BCUT2D eigenvalue weighted by Crippen LogP contribution is 2.24. The van der Waals surface area contributed by atoms with E-state index in [-0.39, 0.29) is 24.8 Å². The fraction of sp³-hybridized carbons (Fsp3) is 0.571. The van der Waals surface area contributed by atoms with Gasteiger partial charge >= 0.3 is 6.03 Å². The molecule has 2 amide bonds. The molecular weight excluding hydrogens is 274 g/mol. The highest BCUT2D eigenvalue weighted by molar-refractivity contribution is 5.99. The number of rotatable bonds is 4. The highest BCUT2D eigenvalue weighted by atomic mass is 16.5. The van der Waals surface area contributed by atoms with Crippen LogP contribution in [-0.2, 0) is 4.74 Å². The first-order valence-electron chi connectivity index (χ1n) is 7.13. The lowest BCUT2D eigenvalue weighted by Crippen LogP contribution is -2.57. The second-order valence-electron chi connectivity index (χ2n) is 5.39. The van der Waals surface area contributed by atoms with Crippen molar-refractivity contribution in [3.63, 3.8) is 0 Å². The number of amidine groups is 1. The molecule has 21 heavy (non-hydrogen) atoms. The van der Waals surface area contributed by atoms with Crippen molar-refractivity contribution in [1.82, 2.24) is 10.2 Å². The third-order valence-corrected chi connectivity index (χ3v) is 3.83. The molecule has 1 saturated heterocycles. The van der Waals surface area contributed by atoms with Crippen LogP contribution in [0.4, 0.5) is 4.79 Å². The molecule has 0 saturated carbocycles. The predicted octanol–water partition coefficient (Wildman–Crippen LogP) is -0.235. The molecule has 7 nitrogen and oxygen atoms in total. The van der Waals surface area contributed by atoms with Crippen molar-refractivity contribution >= 4 is 11.9 Å². The first-order valence-corrected chi connectivity index (χ1v) is 7.13. The number of ether oxygens (including phenoxy) is 1. The molecule has 0 aromatic rings. The lowest BCUT2D eigenvalue weighted by Gasteiger charge is -2.39. The molecule has 3 N–H and O–H groups in total. The van der Waals surface area contributed by atoms with Gasteiger partial charge in [0.2, 0.25) is 0 Å². The number of hydrogen-bond acceptors (Lipinski definition) is 5. The third kappa shape index (κ3) is 2.93. The average molecular weight is 293 g/mol. The number of aliphatic imine (C=N–C) groups is 1. The molecule has 3 atom stereocenters. The fourth-order valence-electron chi connectivity index (χ4n) is 2.62. The highest BCUT2D eigenvalue weighted by Gasteiger charge is 2.37. The topological polar surface area (TPSA) is 94.4 Å². The van der Waals surface area contributed by atoms with E-state index in [1.807, 2.05) is 18.2 Å². The Labute approximate surface area is 122 Å². The fourth-order valence-corrected chi connectivity index (χ4v) is 2.62. The van der Waals surface area contributed by atoms with Crippen molar-refractivity contribution in [3.8, 4) is 0 Å². The van der Waals surface area contributed by atoms with Gasteiger partial charge in [0.25, 0.3) is 0 Å². The van der Waals surface area contributed by atoms with Crippen LogP contribution in [0.15, 0.2) is 29.0 Å². The SMILES string of the molecule is O=C1N=C2NC3CC=CC=C3OC2CN1CC[C@H](O)CO. The maximum absolute atomic E-state index is 12.0. The molecule has 3 rings (SSSR count). The summed E-state index contributed by atoms with van der Waals surface area (Å²) in [5, 5.41) is 21.4. The number of morpholine rings is 1. The first kappa shape index (κ1) is 14.1. The molecule has 0 bridgehead atoms. The van der Waals surface area contributed by atoms with Crippen molar-refractivity contribution in [3.05, 3.63) is 24.0 Å². The number of amides is 2. The maximum atomic E-state index is 12.0. The van der Waals surface area contributed by atoms with E-state index in [9.17, 15) is 9.90 Å². The Kier molecular flexibility index (Phi) is 3.94. The summed E-state index contributed by atoms with van der Waals surface area (Å²) in [6, 6.07) is -0.276. The summed E-state index contributed by atoms with van der Waals surface area (Å²) in [6.07, 6.45) is 5.96. The number of urea groups is 1. The van der Waals surface area contributed by atoms with Crippen LogP contribution >= 0.6 is 0 Å². The van der Waals surface area contributed by atoms with E-state index in [0.29, 0.717) is 25.3 Å². The summed E-state index contributed by atoms with van der Waals surface area (Å²) in [5.74, 6) is 1.45. The molecule has 0 aromatic heterocycles. The summed E-state index contributed by atoms with van der Waals surface area (Å²) < 4.78 is 5.92. The van der Waals surface area contributed by atoms with Gasteiger partial charge < -0.3 is 25.2 Å². The van der Waals surface area contributed by atoms with Gasteiger partial charge in [0, 0.05) is 6.54 Å². The molecule has 1 fully saturated rings. The van der Waals surface area contributed by atoms with Crippen LogP contribution in [0.1, 0.15) is 12.8 Å². The van der Waals surface area contributed by atoms with Gasteiger partial charge in [-0.15, -0.1) is 0 Å². The standard InChI is InChI=1S/C14H19N3O4/c18-8-9(19)5-6-17-7-12-13(16-14(17)20)15-10-3-1-2-4-11(10)21-12/h1-2,4,9-10,12,18-19H,3,5-8H2,(H,15,16,20)/t9-,10?,12?/m0/s1. The summed E-state index contributed by atoms with van der Waals surface area (Å²) in [4.78, 5) is 17.6. The molecule has 7 heteroatoms. The molecule has 0 spiro atoms. The van der Waals surface area contributed by atoms with E-state index in [2.05, 4.69) is 10.3 Å². The Balaban J connectivity index is 1.67. The summed E-state index contributed by atoms with van der Waals surface area (Å²) in [6.45, 7) is 0.440. The minimum atomic E-state index is -0.816. The molecule has 2 aliphatic heterocycles. The van der Waals surface area contributed by atoms with Crippen molar-refractivity contribution < 1.29 is 19.7 Å². The Bertz CT molecular complexity index is 514. The van der Waals surface area contributed by atoms with Crippen LogP contribution in [-0.4, -0.2) is 64.9 Å². The molecule has 3 aliphatic rings. The van der Waals surface area contributed by atoms with Gasteiger partial charge in [-0.2, -0.15) is 4.99 Å². The number of hydrogen-bond donors (Lipinski definition) is 3. The molecule has 0 radical (unpaired) electrons. The van der Waals surface area contributed by atoms with Crippen LogP contribution in [0.3, 0.4) is 0 Å². The normalized spacial score (nSPS) is 28.7. The summed E-state index contributed by atoms with van der Waals surface area (Å²) in [5.41, 5.74) is 0. The van der Waals surface area contributed by atoms with Crippen LogP contribution in [0, 0.1) is 0 Å². The monoisotopic (exact) mass is 293 g/mol. The number of carbonyl (C=O) groups excluding carboxylic acids is 1. The Hall–Kier alpha value is -1.86. The summed E-state index contributed by atoms with van der Waals surface area (Å²) >= 11 is 0. The minimum absolute atomic E-state index is 0.0561. The van der Waals surface area contributed by atoms with Crippen LogP contribution in [0.2, 0.25) is 0 Å². The van der Waals surface area contributed by atoms with E-state index in [1.165, 1.54) is 4.90 Å². The molecule has 2 unspecified atom stereocenters. The van der Waals surface area contributed by atoms with E-state index in [0.717, 1.165) is 12.2 Å². The second kappa shape index (κ2) is 5.87. The van der Waals surface area contributed by atoms with Crippen LogP contribution in [0.5, 0.6) is 0 Å². The molecular formula is C14H19N3O4. The van der Waals surface area contributed by atoms with Gasteiger partial charge in [-0.05, 0) is 18.9 Å². The maximum Gasteiger partial charge on any atom is 0.345 e. The van der Waals surface area contributed by atoms with E-state index < -0.39 is 6.10 Å². The zero-order valence-corrected chi connectivity index (χ0v) is 11.6. The second-order valence-corrected chi connectivity index (χ2v) is 5.39. The Morgan fingerprint density at radius 1 is 1.57 bits per heavy atom. The van der Waals surface area contributed by atoms with Gasteiger partial charge in [0.15, 0.2) is 11.9 Å². The number of aliphatic hydroxyl groups excluding tert-OH is 2. The quantitative estimate of drug-likeness (QED) is 0.665. The zero-order chi connectivity index (χ0) is 14.8. The number of nitrogens with zero attached hydrogens (tertiary/aromatic N) is 2. The zero-order valence-electron chi connectivity index (χ0n) is 11.6. The largest absolute Gasteiger partial charge is 0.483 e. The van der Waals surface area contributed by atoms with Crippen LogP contribution in [0.25, 0.3) is 0 Å². The average Bonchev–Trinajstić information content (AvgIpc) is 2.50. The van der Waals surface area contributed by atoms with Crippen molar-refractivity contribution in [1.29, 1.82) is 0 Å². The smallest absolute Gasteiger partial charge is 0.345 e. The van der Waals surface area contributed by atoms with Crippen molar-refractivity contribution in [2.75, 3.05) is 19.7 Å². The van der Waals surface area contributed by atoms with Crippen LogP contribution < -0.4 is 5.32 Å². The predicted molar refractivity (Wildman–Crippen MR) is 75.8 cm³/mol. The van der Waals surface area contributed by atoms with Gasteiger partial charge in [0.1, 0.15) is 5.76 Å². The van der Waals surface area contributed by atoms with Gasteiger partial charge in [0.05, 0.1) is 25.3 Å². The first-order chi connectivity index (χ1) is 10.2. The molecule has 114 valence electrons.